The standard InChI is InChI=1S/C8H15NO/c1-4-8(10)7(3)6-9-5-2/h6,9H,4-5H2,1-3H3/b7-6-. The maximum Gasteiger partial charge on any atom is 0.159 e. The molecule has 0 amide bonds. The average molecular weight is 141 g/mol. The van der Waals surface area contributed by atoms with Crippen molar-refractivity contribution in [3.05, 3.63) is 11.8 Å². The Bertz CT molecular complexity index is 138. The summed E-state index contributed by atoms with van der Waals surface area (Å²) in [6.07, 6.45) is 2.36. The molecule has 0 unspecified atom stereocenters. The number of ketones is 1. The molecule has 2 heteroatoms. The number of carbonyl (C=O) groups is 1. The lowest BCUT2D eigenvalue weighted by atomic mass is 10.2. The van der Waals surface area contributed by atoms with Gasteiger partial charge in [-0.1, -0.05) is 6.92 Å². The second-order valence-electron chi connectivity index (χ2n) is 2.16. The first-order valence-corrected chi connectivity index (χ1v) is 3.65. The van der Waals surface area contributed by atoms with Gasteiger partial charge in [0.2, 0.25) is 0 Å². The molecule has 0 aliphatic heterocycles. The van der Waals surface area contributed by atoms with Crippen LogP contribution in [-0.4, -0.2) is 12.3 Å². The minimum absolute atomic E-state index is 0.209. The molecule has 10 heavy (non-hydrogen) atoms. The van der Waals surface area contributed by atoms with E-state index in [1.165, 1.54) is 0 Å². The number of hydrogen-bond acceptors (Lipinski definition) is 2. The topological polar surface area (TPSA) is 29.1 Å². The van der Waals surface area contributed by atoms with Crippen molar-refractivity contribution in [1.29, 1.82) is 0 Å². The van der Waals surface area contributed by atoms with Gasteiger partial charge in [0, 0.05) is 24.7 Å². The number of rotatable bonds is 4. The third-order valence-electron chi connectivity index (χ3n) is 1.28. The van der Waals surface area contributed by atoms with Gasteiger partial charge < -0.3 is 5.32 Å². The highest BCUT2D eigenvalue weighted by Crippen LogP contribution is 1.95. The van der Waals surface area contributed by atoms with Crippen molar-refractivity contribution < 1.29 is 4.79 Å². The summed E-state index contributed by atoms with van der Waals surface area (Å²) in [6, 6.07) is 0. The van der Waals surface area contributed by atoms with E-state index in [2.05, 4.69) is 5.32 Å². The highest BCUT2D eigenvalue weighted by Gasteiger charge is 1.97. The molecular weight excluding hydrogens is 126 g/mol. The lowest BCUT2D eigenvalue weighted by Gasteiger charge is -1.97. The number of allylic oxidation sites excluding steroid dienone is 1. The van der Waals surface area contributed by atoms with E-state index in [9.17, 15) is 4.79 Å². The SMILES string of the molecule is CCN/C=C(/C)C(=O)CC. The second kappa shape index (κ2) is 5.03. The Morgan fingerprint density at radius 3 is 2.50 bits per heavy atom. The first-order valence-electron chi connectivity index (χ1n) is 3.65. The molecule has 0 aromatic rings. The van der Waals surface area contributed by atoms with Gasteiger partial charge >= 0.3 is 0 Å². The van der Waals surface area contributed by atoms with Crippen LogP contribution in [0.15, 0.2) is 11.8 Å². The molecule has 0 aromatic carbocycles. The Morgan fingerprint density at radius 2 is 2.10 bits per heavy atom. The van der Waals surface area contributed by atoms with E-state index < -0.39 is 0 Å². The summed E-state index contributed by atoms with van der Waals surface area (Å²) in [5.74, 6) is 0.209. The number of hydrogen-bond donors (Lipinski definition) is 1. The van der Waals surface area contributed by atoms with Gasteiger partial charge in [-0.2, -0.15) is 0 Å². The number of nitrogens with one attached hydrogen (secondary N) is 1. The van der Waals surface area contributed by atoms with E-state index >= 15 is 0 Å². The molecule has 0 saturated carbocycles. The van der Waals surface area contributed by atoms with E-state index in [-0.39, 0.29) is 5.78 Å². The first kappa shape index (κ1) is 9.21. The normalized spacial score (nSPS) is 11.3. The zero-order valence-corrected chi connectivity index (χ0v) is 6.90. The minimum atomic E-state index is 0.209. The summed E-state index contributed by atoms with van der Waals surface area (Å²) in [6.45, 7) is 6.56. The molecular formula is C8H15NO. The van der Waals surface area contributed by atoms with E-state index in [4.69, 9.17) is 0 Å². The highest BCUT2D eigenvalue weighted by molar-refractivity contribution is 5.94. The lowest BCUT2D eigenvalue weighted by molar-refractivity contribution is -0.115. The maximum absolute atomic E-state index is 10.9. The molecule has 0 saturated heterocycles. The maximum atomic E-state index is 10.9. The van der Waals surface area contributed by atoms with Crippen molar-refractivity contribution >= 4 is 5.78 Å². The van der Waals surface area contributed by atoms with Crippen LogP contribution in [0.3, 0.4) is 0 Å². The van der Waals surface area contributed by atoms with Gasteiger partial charge in [0.25, 0.3) is 0 Å². The predicted octanol–water partition coefficient (Wildman–Crippen LogP) is 1.48. The summed E-state index contributed by atoms with van der Waals surface area (Å²) < 4.78 is 0. The zero-order chi connectivity index (χ0) is 7.98. The Kier molecular flexibility index (Phi) is 4.63. The van der Waals surface area contributed by atoms with Crippen LogP contribution in [0.4, 0.5) is 0 Å². The summed E-state index contributed by atoms with van der Waals surface area (Å²) in [4.78, 5) is 10.9. The Morgan fingerprint density at radius 1 is 1.50 bits per heavy atom. The molecule has 0 aliphatic carbocycles. The molecule has 58 valence electrons. The van der Waals surface area contributed by atoms with Crippen molar-refractivity contribution in [1.82, 2.24) is 5.32 Å². The lowest BCUT2D eigenvalue weighted by Crippen LogP contribution is -2.07. The van der Waals surface area contributed by atoms with E-state index in [1.54, 1.807) is 6.20 Å². The van der Waals surface area contributed by atoms with Crippen LogP contribution >= 0.6 is 0 Å². The predicted molar refractivity (Wildman–Crippen MR) is 42.7 cm³/mol. The minimum Gasteiger partial charge on any atom is -0.391 e. The van der Waals surface area contributed by atoms with E-state index in [0.717, 1.165) is 12.1 Å². The summed E-state index contributed by atoms with van der Waals surface area (Å²) in [5.41, 5.74) is 0.810. The van der Waals surface area contributed by atoms with Gasteiger partial charge in [-0.15, -0.1) is 0 Å². The van der Waals surface area contributed by atoms with Crippen molar-refractivity contribution in [2.45, 2.75) is 27.2 Å². The van der Waals surface area contributed by atoms with Gasteiger partial charge in [-0.25, -0.2) is 0 Å². The Hall–Kier alpha value is -0.790. The Balaban J connectivity index is 3.80. The molecule has 0 aromatic heterocycles. The number of Topliss-reactive ketones (excluding diaryl/α,β-unsaturated/α-hetero) is 1. The van der Waals surface area contributed by atoms with Crippen molar-refractivity contribution in [3.63, 3.8) is 0 Å². The first-order chi connectivity index (χ1) is 4.72. The van der Waals surface area contributed by atoms with Gasteiger partial charge in [0.1, 0.15) is 0 Å². The van der Waals surface area contributed by atoms with Crippen LogP contribution in [0.25, 0.3) is 0 Å². The summed E-state index contributed by atoms with van der Waals surface area (Å²) in [5, 5.41) is 2.98. The fourth-order valence-electron chi connectivity index (χ4n) is 0.614. The fourth-order valence-corrected chi connectivity index (χ4v) is 0.614. The van der Waals surface area contributed by atoms with Gasteiger partial charge in [-0.05, 0) is 13.8 Å². The summed E-state index contributed by atoms with van der Waals surface area (Å²) >= 11 is 0. The fraction of sp³-hybridized carbons (Fsp3) is 0.625. The molecule has 0 atom stereocenters. The van der Waals surface area contributed by atoms with Crippen LogP contribution in [-0.2, 0) is 4.79 Å². The molecule has 0 radical (unpaired) electrons. The van der Waals surface area contributed by atoms with Crippen LogP contribution in [0, 0.1) is 0 Å². The molecule has 0 rings (SSSR count). The van der Waals surface area contributed by atoms with E-state index in [1.807, 2.05) is 20.8 Å². The van der Waals surface area contributed by atoms with Crippen LogP contribution in [0.2, 0.25) is 0 Å². The van der Waals surface area contributed by atoms with Gasteiger partial charge in [-0.3, -0.25) is 4.79 Å². The zero-order valence-electron chi connectivity index (χ0n) is 6.90. The van der Waals surface area contributed by atoms with Crippen LogP contribution < -0.4 is 5.32 Å². The van der Waals surface area contributed by atoms with Crippen LogP contribution in [0.1, 0.15) is 27.2 Å². The van der Waals surface area contributed by atoms with Gasteiger partial charge in [0.05, 0.1) is 0 Å². The van der Waals surface area contributed by atoms with Crippen LogP contribution in [0.5, 0.6) is 0 Å². The smallest absolute Gasteiger partial charge is 0.159 e. The Labute approximate surface area is 62.3 Å². The van der Waals surface area contributed by atoms with Crippen molar-refractivity contribution in [2.24, 2.45) is 0 Å². The molecule has 2 nitrogen and oxygen atoms in total. The highest BCUT2D eigenvalue weighted by atomic mass is 16.1. The molecule has 1 N–H and O–H groups in total. The monoisotopic (exact) mass is 141 g/mol. The van der Waals surface area contributed by atoms with Crippen molar-refractivity contribution in [2.75, 3.05) is 6.54 Å². The van der Waals surface area contributed by atoms with Crippen molar-refractivity contribution in [3.8, 4) is 0 Å². The molecule has 0 fully saturated rings. The quantitative estimate of drug-likeness (QED) is 0.601. The largest absolute Gasteiger partial charge is 0.391 e. The third-order valence-corrected chi connectivity index (χ3v) is 1.28. The molecule has 0 bridgehead atoms. The van der Waals surface area contributed by atoms with E-state index in [0.29, 0.717) is 6.42 Å². The average Bonchev–Trinajstić information content (AvgIpc) is 1.98. The molecule has 0 aliphatic rings. The summed E-state index contributed by atoms with van der Waals surface area (Å²) in [7, 11) is 0. The molecule has 0 spiro atoms. The van der Waals surface area contributed by atoms with Gasteiger partial charge in [0.15, 0.2) is 5.78 Å². The third kappa shape index (κ3) is 3.28. The molecule has 0 heterocycles. The second-order valence-corrected chi connectivity index (χ2v) is 2.16. The number of carbonyl (C=O) groups excluding carboxylic acids is 1.